The van der Waals surface area contributed by atoms with E-state index in [9.17, 15) is 9.59 Å². The Hall–Kier alpha value is -1.10. The Morgan fingerprint density at radius 2 is 1.90 bits per heavy atom. The highest BCUT2D eigenvalue weighted by Gasteiger charge is 2.61. The van der Waals surface area contributed by atoms with E-state index in [1.54, 1.807) is 0 Å². The Labute approximate surface area is 126 Å². The third-order valence-corrected chi connectivity index (χ3v) is 5.75. The molecule has 2 unspecified atom stereocenters. The fraction of sp³-hybridized carbons (Fsp3) is 0.875. The lowest BCUT2D eigenvalue weighted by molar-refractivity contribution is -0.168. The third kappa shape index (κ3) is 2.00. The molecule has 0 bridgehead atoms. The van der Waals surface area contributed by atoms with Gasteiger partial charge in [-0.15, -0.1) is 0 Å². The molecule has 2 amide bonds. The zero-order valence-electron chi connectivity index (χ0n) is 13.3. The third-order valence-electron chi connectivity index (χ3n) is 5.75. The Bertz CT molecular complexity index is 450. The summed E-state index contributed by atoms with van der Waals surface area (Å²) in [7, 11) is 0. The Balaban J connectivity index is 2.01. The molecule has 1 N–H and O–H groups in total. The van der Waals surface area contributed by atoms with E-state index in [0.717, 1.165) is 19.3 Å². The number of ether oxygens (including phenoxy) is 1. The maximum atomic E-state index is 13.3. The number of carbonyl (C=O) groups excluding carboxylic acids is 2. The van der Waals surface area contributed by atoms with Gasteiger partial charge in [0.15, 0.2) is 0 Å². The molecule has 0 radical (unpaired) electrons. The number of hydrogen-bond donors (Lipinski definition) is 1. The Kier molecular flexibility index (Phi) is 3.51. The van der Waals surface area contributed by atoms with E-state index in [-0.39, 0.29) is 17.9 Å². The molecule has 118 valence electrons. The summed E-state index contributed by atoms with van der Waals surface area (Å²) in [5, 5.41) is 3.08. The fourth-order valence-electron chi connectivity index (χ4n) is 4.05. The molecule has 2 atom stereocenters. The fourth-order valence-corrected chi connectivity index (χ4v) is 4.05. The predicted molar refractivity (Wildman–Crippen MR) is 78.7 cm³/mol. The van der Waals surface area contributed by atoms with Gasteiger partial charge in [0.05, 0.1) is 12.6 Å². The minimum Gasteiger partial charge on any atom is -0.379 e. The number of nitrogens with one attached hydrogen (secondary N) is 1. The van der Waals surface area contributed by atoms with Crippen LogP contribution in [0.2, 0.25) is 0 Å². The first-order valence-corrected chi connectivity index (χ1v) is 8.23. The van der Waals surface area contributed by atoms with Gasteiger partial charge < -0.3 is 15.0 Å². The molecular formula is C16H26N2O3. The molecule has 0 aromatic rings. The first-order chi connectivity index (χ1) is 9.99. The summed E-state index contributed by atoms with van der Waals surface area (Å²) in [6.07, 6.45) is 4.20. The molecular weight excluding hydrogens is 268 g/mol. The monoisotopic (exact) mass is 294 g/mol. The lowest BCUT2D eigenvalue weighted by Crippen LogP contribution is -2.77. The van der Waals surface area contributed by atoms with Gasteiger partial charge in [0.25, 0.3) is 0 Å². The van der Waals surface area contributed by atoms with Crippen molar-refractivity contribution in [1.82, 2.24) is 10.2 Å². The van der Waals surface area contributed by atoms with Crippen molar-refractivity contribution in [2.24, 2.45) is 5.92 Å². The van der Waals surface area contributed by atoms with Gasteiger partial charge in [-0.25, -0.2) is 0 Å². The van der Waals surface area contributed by atoms with Crippen molar-refractivity contribution in [3.05, 3.63) is 0 Å². The van der Waals surface area contributed by atoms with E-state index in [2.05, 4.69) is 5.32 Å². The highest BCUT2D eigenvalue weighted by molar-refractivity contribution is 6.02. The van der Waals surface area contributed by atoms with Crippen LogP contribution in [0.4, 0.5) is 0 Å². The molecule has 1 saturated carbocycles. The molecule has 0 aromatic heterocycles. The maximum absolute atomic E-state index is 13.3. The van der Waals surface area contributed by atoms with Crippen LogP contribution in [0.25, 0.3) is 0 Å². The lowest BCUT2D eigenvalue weighted by atomic mass is 9.79. The zero-order chi connectivity index (χ0) is 15.3. The normalized spacial score (nSPS) is 36.0. The van der Waals surface area contributed by atoms with Crippen LogP contribution in [0.1, 0.15) is 52.9 Å². The topological polar surface area (TPSA) is 58.6 Å². The second kappa shape index (κ2) is 4.97. The number of amides is 2. The van der Waals surface area contributed by atoms with E-state index in [4.69, 9.17) is 4.74 Å². The Morgan fingerprint density at radius 1 is 1.24 bits per heavy atom. The molecule has 0 spiro atoms. The lowest BCUT2D eigenvalue weighted by Gasteiger charge is -2.53. The average Bonchev–Trinajstić information content (AvgIpc) is 3.20. The van der Waals surface area contributed by atoms with Crippen molar-refractivity contribution in [2.75, 3.05) is 13.2 Å². The van der Waals surface area contributed by atoms with Crippen LogP contribution in [-0.4, -0.2) is 47.0 Å². The van der Waals surface area contributed by atoms with Crippen LogP contribution in [-0.2, 0) is 14.3 Å². The summed E-state index contributed by atoms with van der Waals surface area (Å²) in [5.41, 5.74) is -1.42. The Morgan fingerprint density at radius 3 is 2.38 bits per heavy atom. The van der Waals surface area contributed by atoms with E-state index in [1.165, 1.54) is 0 Å². The largest absolute Gasteiger partial charge is 0.379 e. The summed E-state index contributed by atoms with van der Waals surface area (Å²) in [5.74, 6) is 0.419. The minimum atomic E-state index is -0.715. The van der Waals surface area contributed by atoms with Gasteiger partial charge in [0, 0.05) is 6.61 Å². The van der Waals surface area contributed by atoms with E-state index in [1.807, 2.05) is 25.7 Å². The molecule has 2 aliphatic heterocycles. The number of piperazine rings is 1. The summed E-state index contributed by atoms with van der Waals surface area (Å²) < 4.78 is 5.49. The van der Waals surface area contributed by atoms with Gasteiger partial charge >= 0.3 is 0 Å². The standard InChI is InChI=1S/C16H26N2O3/c1-4-16(5-2)13(19)17-15(3,11-6-7-11)14(20)18(16)12-8-9-21-10-12/h11-12H,4-10H2,1-3H3,(H,17,19). The molecule has 3 rings (SSSR count). The number of hydrogen-bond acceptors (Lipinski definition) is 3. The second-order valence-electron chi connectivity index (χ2n) is 6.86. The van der Waals surface area contributed by atoms with E-state index < -0.39 is 11.1 Å². The number of nitrogens with zero attached hydrogens (tertiary/aromatic N) is 1. The van der Waals surface area contributed by atoms with Crippen LogP contribution in [0.15, 0.2) is 0 Å². The second-order valence-corrected chi connectivity index (χ2v) is 6.86. The molecule has 3 fully saturated rings. The van der Waals surface area contributed by atoms with Crippen LogP contribution in [0.5, 0.6) is 0 Å². The molecule has 2 heterocycles. The SMILES string of the molecule is CCC1(CC)C(=O)NC(C)(C2CC2)C(=O)N1C1CCOC1. The van der Waals surface area contributed by atoms with Crippen molar-refractivity contribution >= 4 is 11.8 Å². The van der Waals surface area contributed by atoms with Crippen molar-refractivity contribution < 1.29 is 14.3 Å². The molecule has 5 nitrogen and oxygen atoms in total. The minimum absolute atomic E-state index is 0.0217. The molecule has 1 aliphatic carbocycles. The molecule has 21 heavy (non-hydrogen) atoms. The number of rotatable bonds is 4. The van der Waals surface area contributed by atoms with E-state index >= 15 is 0 Å². The van der Waals surface area contributed by atoms with Gasteiger partial charge in [-0.1, -0.05) is 13.8 Å². The van der Waals surface area contributed by atoms with Crippen LogP contribution in [0.3, 0.4) is 0 Å². The molecule has 3 aliphatic rings. The first-order valence-electron chi connectivity index (χ1n) is 8.23. The zero-order valence-corrected chi connectivity index (χ0v) is 13.3. The average molecular weight is 294 g/mol. The quantitative estimate of drug-likeness (QED) is 0.854. The van der Waals surface area contributed by atoms with Gasteiger partial charge in [-0.3, -0.25) is 9.59 Å². The van der Waals surface area contributed by atoms with Crippen molar-refractivity contribution in [3.8, 4) is 0 Å². The van der Waals surface area contributed by atoms with Gasteiger partial charge in [0.2, 0.25) is 11.8 Å². The molecule has 0 aromatic carbocycles. The van der Waals surface area contributed by atoms with Crippen LogP contribution < -0.4 is 5.32 Å². The maximum Gasteiger partial charge on any atom is 0.249 e. The summed E-state index contributed by atoms with van der Waals surface area (Å²) in [6.45, 7) is 7.14. The molecule has 5 heteroatoms. The van der Waals surface area contributed by atoms with Crippen molar-refractivity contribution in [1.29, 1.82) is 0 Å². The van der Waals surface area contributed by atoms with Gasteiger partial charge in [-0.2, -0.15) is 0 Å². The predicted octanol–water partition coefficient (Wildman–Crippen LogP) is 1.46. The molecule has 2 saturated heterocycles. The number of carbonyl (C=O) groups is 2. The van der Waals surface area contributed by atoms with Crippen molar-refractivity contribution in [3.63, 3.8) is 0 Å². The van der Waals surface area contributed by atoms with Crippen LogP contribution >= 0.6 is 0 Å². The van der Waals surface area contributed by atoms with E-state index in [0.29, 0.717) is 32.0 Å². The summed E-state index contributed by atoms with van der Waals surface area (Å²) in [6, 6.07) is 0.0431. The smallest absolute Gasteiger partial charge is 0.249 e. The first kappa shape index (κ1) is 14.8. The highest BCUT2D eigenvalue weighted by atomic mass is 16.5. The van der Waals surface area contributed by atoms with Crippen LogP contribution in [0, 0.1) is 5.92 Å². The summed E-state index contributed by atoms with van der Waals surface area (Å²) in [4.78, 5) is 28.0. The van der Waals surface area contributed by atoms with Gasteiger partial charge in [0.1, 0.15) is 11.1 Å². The van der Waals surface area contributed by atoms with Gasteiger partial charge in [-0.05, 0) is 44.9 Å². The highest BCUT2D eigenvalue weighted by Crippen LogP contribution is 2.45. The van der Waals surface area contributed by atoms with Crippen molar-refractivity contribution in [2.45, 2.75) is 70.0 Å². The summed E-state index contributed by atoms with van der Waals surface area (Å²) >= 11 is 0.